The van der Waals surface area contributed by atoms with E-state index in [0.717, 1.165) is 22.5 Å². The van der Waals surface area contributed by atoms with E-state index in [2.05, 4.69) is 4.74 Å². The summed E-state index contributed by atoms with van der Waals surface area (Å²) in [5.74, 6) is -1.15. The molecule has 0 saturated carbocycles. The van der Waals surface area contributed by atoms with Gasteiger partial charge in [0, 0.05) is 24.2 Å². The molecule has 0 radical (unpaired) electrons. The molecule has 0 fully saturated rings. The van der Waals surface area contributed by atoms with Crippen molar-refractivity contribution in [2.24, 2.45) is 0 Å². The van der Waals surface area contributed by atoms with Crippen LogP contribution in [0.15, 0.2) is 47.4 Å². The molecule has 24 heavy (non-hydrogen) atoms. The summed E-state index contributed by atoms with van der Waals surface area (Å²) < 4.78 is 69.0. The average Bonchev–Trinajstić information content (AvgIpc) is 2.50. The molecular weight excluding hydrogens is 367 g/mol. The molecule has 0 amide bonds. The van der Waals surface area contributed by atoms with Gasteiger partial charge in [-0.15, -0.1) is 0 Å². The van der Waals surface area contributed by atoms with Crippen molar-refractivity contribution in [1.29, 1.82) is 0 Å². The van der Waals surface area contributed by atoms with Crippen molar-refractivity contribution in [3.05, 3.63) is 58.9 Å². The zero-order valence-electron chi connectivity index (χ0n) is 12.4. The first-order valence-electron chi connectivity index (χ1n) is 6.66. The lowest BCUT2D eigenvalue weighted by molar-refractivity contribution is -0.0517. The van der Waals surface area contributed by atoms with Gasteiger partial charge in [0.2, 0.25) is 10.0 Å². The molecule has 9 heteroatoms. The molecule has 2 aromatic carbocycles. The quantitative estimate of drug-likeness (QED) is 0.764. The lowest BCUT2D eigenvalue weighted by Crippen LogP contribution is -2.27. The van der Waals surface area contributed by atoms with Crippen LogP contribution in [0.3, 0.4) is 0 Å². The van der Waals surface area contributed by atoms with Gasteiger partial charge < -0.3 is 4.74 Å². The van der Waals surface area contributed by atoms with Gasteiger partial charge in [-0.25, -0.2) is 12.8 Å². The first-order chi connectivity index (χ1) is 11.2. The summed E-state index contributed by atoms with van der Waals surface area (Å²) in [5, 5.41) is 0.0640. The number of rotatable bonds is 6. The second-order valence-electron chi connectivity index (χ2n) is 4.79. The summed E-state index contributed by atoms with van der Waals surface area (Å²) in [5.41, 5.74) is -0.0162. The highest BCUT2D eigenvalue weighted by molar-refractivity contribution is 7.89. The zero-order valence-corrected chi connectivity index (χ0v) is 14.0. The summed E-state index contributed by atoms with van der Waals surface area (Å²) in [6.07, 6.45) is 0. The molecule has 4 nitrogen and oxygen atoms in total. The molecule has 0 heterocycles. The van der Waals surface area contributed by atoms with Crippen LogP contribution in [0.5, 0.6) is 5.75 Å². The number of nitrogens with zero attached hydrogens (tertiary/aromatic N) is 1. The maximum absolute atomic E-state index is 13.8. The molecular formula is C15H13ClF3NO3S. The fourth-order valence-electron chi connectivity index (χ4n) is 2.02. The molecule has 0 unspecified atom stereocenters. The van der Waals surface area contributed by atoms with Crippen LogP contribution in [0.1, 0.15) is 5.56 Å². The van der Waals surface area contributed by atoms with Gasteiger partial charge in [-0.3, -0.25) is 0 Å². The molecule has 0 aromatic heterocycles. The molecule has 0 saturated heterocycles. The maximum Gasteiger partial charge on any atom is 0.387 e. The number of sulfonamides is 1. The molecule has 0 aliphatic rings. The lowest BCUT2D eigenvalue weighted by atomic mass is 10.2. The number of ether oxygens (including phenoxy) is 1. The average molecular weight is 380 g/mol. The van der Waals surface area contributed by atoms with E-state index in [9.17, 15) is 21.6 Å². The minimum absolute atomic E-state index is 0.0162. The second-order valence-corrected chi connectivity index (χ2v) is 7.21. The standard InChI is InChI=1S/C15H13ClF3NO3S/c1-20(9-10-11(16)5-4-6-12(10)17)24(21,22)14-8-3-2-7-13(14)23-15(18)19/h2-8,15H,9H2,1H3. The number of benzene rings is 2. The Hall–Kier alpha value is -1.77. The van der Waals surface area contributed by atoms with Gasteiger partial charge in [0.05, 0.1) is 0 Å². The van der Waals surface area contributed by atoms with E-state index in [1.807, 2.05) is 0 Å². The van der Waals surface area contributed by atoms with Gasteiger partial charge >= 0.3 is 6.61 Å². The topological polar surface area (TPSA) is 46.6 Å². The molecule has 130 valence electrons. The highest BCUT2D eigenvalue weighted by atomic mass is 35.5. The van der Waals surface area contributed by atoms with E-state index in [0.29, 0.717) is 0 Å². The third kappa shape index (κ3) is 4.00. The third-order valence-corrected chi connectivity index (χ3v) is 5.39. The fourth-order valence-corrected chi connectivity index (χ4v) is 3.49. The minimum atomic E-state index is -4.20. The molecule has 0 spiro atoms. The van der Waals surface area contributed by atoms with E-state index in [-0.39, 0.29) is 17.1 Å². The van der Waals surface area contributed by atoms with Gasteiger partial charge in [-0.2, -0.15) is 13.1 Å². The Labute approximate surface area is 142 Å². The number of alkyl halides is 2. The highest BCUT2D eigenvalue weighted by Crippen LogP contribution is 2.29. The number of hydrogen-bond acceptors (Lipinski definition) is 3. The fraction of sp³-hybridized carbons (Fsp3) is 0.200. The molecule has 0 atom stereocenters. The minimum Gasteiger partial charge on any atom is -0.433 e. The van der Waals surface area contributed by atoms with E-state index in [1.165, 1.54) is 31.3 Å². The highest BCUT2D eigenvalue weighted by Gasteiger charge is 2.27. The molecule has 0 aliphatic carbocycles. The van der Waals surface area contributed by atoms with Crippen molar-refractivity contribution in [2.75, 3.05) is 7.05 Å². The Morgan fingerprint density at radius 1 is 1.17 bits per heavy atom. The van der Waals surface area contributed by atoms with Crippen LogP contribution in [0, 0.1) is 5.82 Å². The van der Waals surface area contributed by atoms with Crippen molar-refractivity contribution in [3.8, 4) is 5.75 Å². The third-order valence-electron chi connectivity index (χ3n) is 3.20. The van der Waals surface area contributed by atoms with Crippen LogP contribution in [-0.4, -0.2) is 26.4 Å². The van der Waals surface area contributed by atoms with E-state index < -0.39 is 33.1 Å². The first kappa shape index (κ1) is 18.6. The Bertz CT molecular complexity index is 810. The van der Waals surface area contributed by atoms with Crippen molar-refractivity contribution >= 4 is 21.6 Å². The molecule has 0 N–H and O–H groups in total. The zero-order chi connectivity index (χ0) is 17.9. The van der Waals surface area contributed by atoms with Gasteiger partial charge in [-0.05, 0) is 24.3 Å². The van der Waals surface area contributed by atoms with E-state index in [4.69, 9.17) is 11.6 Å². The SMILES string of the molecule is CN(Cc1c(F)cccc1Cl)S(=O)(=O)c1ccccc1OC(F)F. The number of hydrogen-bond donors (Lipinski definition) is 0. The Kier molecular flexibility index (Phi) is 5.74. The lowest BCUT2D eigenvalue weighted by Gasteiger charge is -2.20. The van der Waals surface area contributed by atoms with Crippen LogP contribution in [0.4, 0.5) is 13.2 Å². The van der Waals surface area contributed by atoms with Crippen LogP contribution in [-0.2, 0) is 16.6 Å². The largest absolute Gasteiger partial charge is 0.433 e. The van der Waals surface area contributed by atoms with E-state index in [1.54, 1.807) is 0 Å². The summed E-state index contributed by atoms with van der Waals surface area (Å²) >= 11 is 5.88. The monoisotopic (exact) mass is 379 g/mol. The molecule has 0 aliphatic heterocycles. The van der Waals surface area contributed by atoms with E-state index >= 15 is 0 Å². The van der Waals surface area contributed by atoms with Crippen molar-refractivity contribution in [3.63, 3.8) is 0 Å². The predicted octanol–water partition coefficient (Wildman–Crippen LogP) is 3.90. The summed E-state index contributed by atoms with van der Waals surface area (Å²) in [4.78, 5) is -0.444. The molecule has 2 rings (SSSR count). The first-order valence-corrected chi connectivity index (χ1v) is 8.48. The van der Waals surface area contributed by atoms with Gasteiger partial charge in [-0.1, -0.05) is 29.8 Å². The predicted molar refractivity (Wildman–Crippen MR) is 83.1 cm³/mol. The van der Waals surface area contributed by atoms with Crippen molar-refractivity contribution in [2.45, 2.75) is 18.1 Å². The second kappa shape index (κ2) is 7.42. The Morgan fingerprint density at radius 2 is 1.83 bits per heavy atom. The Morgan fingerprint density at radius 3 is 2.46 bits per heavy atom. The normalized spacial score (nSPS) is 12.0. The van der Waals surface area contributed by atoms with Gasteiger partial charge in [0.25, 0.3) is 0 Å². The molecule has 2 aromatic rings. The molecule has 0 bridgehead atoms. The smallest absolute Gasteiger partial charge is 0.387 e. The maximum atomic E-state index is 13.8. The summed E-state index contributed by atoms with van der Waals surface area (Å²) in [6, 6.07) is 8.94. The van der Waals surface area contributed by atoms with Crippen LogP contribution < -0.4 is 4.74 Å². The van der Waals surface area contributed by atoms with Gasteiger partial charge in [0.15, 0.2) is 0 Å². The Balaban J connectivity index is 2.37. The number of halogens is 4. The van der Waals surface area contributed by atoms with Gasteiger partial charge in [0.1, 0.15) is 16.5 Å². The van der Waals surface area contributed by atoms with Crippen molar-refractivity contribution in [1.82, 2.24) is 4.31 Å². The van der Waals surface area contributed by atoms with Crippen LogP contribution in [0.2, 0.25) is 5.02 Å². The number of para-hydroxylation sites is 1. The van der Waals surface area contributed by atoms with Crippen molar-refractivity contribution < 1.29 is 26.3 Å². The summed E-state index contributed by atoms with van der Waals surface area (Å²) in [6.45, 7) is -3.54. The van der Waals surface area contributed by atoms with Crippen LogP contribution >= 0.6 is 11.6 Å². The summed E-state index contributed by atoms with van der Waals surface area (Å²) in [7, 11) is -3.01. The van der Waals surface area contributed by atoms with Crippen LogP contribution in [0.25, 0.3) is 0 Å².